The Hall–Kier alpha value is -1.05. The highest BCUT2D eigenvalue weighted by Crippen LogP contribution is 2.34. The Bertz CT molecular complexity index is 445. The molecule has 1 saturated heterocycles. The minimum atomic E-state index is -4.50. The number of alkyl halides is 3. The van der Waals surface area contributed by atoms with Crippen molar-refractivity contribution in [3.8, 4) is 0 Å². The molecule has 0 amide bonds. The van der Waals surface area contributed by atoms with Gasteiger partial charge in [-0.15, -0.1) is 0 Å². The van der Waals surface area contributed by atoms with Gasteiger partial charge in [0.1, 0.15) is 5.82 Å². The smallest absolute Gasteiger partial charge is 0.389 e. The van der Waals surface area contributed by atoms with Crippen LogP contribution in [0, 0.1) is 0 Å². The molecule has 1 aromatic heterocycles. The highest BCUT2D eigenvalue weighted by atomic mass is 35.5. The molecule has 2 heterocycles. The predicted molar refractivity (Wildman–Crippen MR) is 58.5 cm³/mol. The fraction of sp³-hybridized carbons (Fsp3) is 0.500. The molecule has 100 valence electrons. The Kier molecular flexibility index (Phi) is 3.39. The number of hydrogen-bond donors (Lipinski definition) is 2. The highest BCUT2D eigenvalue weighted by molar-refractivity contribution is 6.33. The van der Waals surface area contributed by atoms with Crippen LogP contribution in [0.15, 0.2) is 12.3 Å². The Morgan fingerprint density at radius 1 is 1.28 bits per heavy atom. The van der Waals surface area contributed by atoms with Crippen molar-refractivity contribution in [3.63, 3.8) is 0 Å². The molecule has 1 aliphatic rings. The minimum absolute atomic E-state index is 0.0826. The summed E-state index contributed by atoms with van der Waals surface area (Å²) in [5.74, 6) is 0.125. The maximum absolute atomic E-state index is 12.4. The van der Waals surface area contributed by atoms with Gasteiger partial charge in [0.05, 0.1) is 22.8 Å². The van der Waals surface area contributed by atoms with Crippen molar-refractivity contribution in [3.05, 3.63) is 22.8 Å². The van der Waals surface area contributed by atoms with E-state index in [2.05, 4.69) is 4.98 Å². The molecule has 0 radical (unpaired) electrons. The molecule has 0 bridgehead atoms. The third kappa shape index (κ3) is 2.52. The Labute approximate surface area is 106 Å². The van der Waals surface area contributed by atoms with Crippen LogP contribution in [-0.4, -0.2) is 40.5 Å². The zero-order valence-corrected chi connectivity index (χ0v) is 9.78. The average Bonchev–Trinajstić information content (AvgIpc) is 2.57. The lowest BCUT2D eigenvalue weighted by atomic mass is 10.2. The number of rotatable bonds is 1. The van der Waals surface area contributed by atoms with Gasteiger partial charge in [-0.3, -0.25) is 0 Å². The molecule has 0 saturated carbocycles. The monoisotopic (exact) mass is 282 g/mol. The van der Waals surface area contributed by atoms with E-state index in [1.807, 2.05) is 0 Å². The van der Waals surface area contributed by atoms with E-state index in [4.69, 9.17) is 11.6 Å². The second-order valence-corrected chi connectivity index (χ2v) is 4.47. The van der Waals surface area contributed by atoms with Gasteiger partial charge in [-0.05, 0) is 6.07 Å². The summed E-state index contributed by atoms with van der Waals surface area (Å²) >= 11 is 5.74. The van der Waals surface area contributed by atoms with Crippen molar-refractivity contribution >= 4 is 17.4 Å². The minimum Gasteiger partial charge on any atom is -0.389 e. The molecule has 4 nitrogen and oxygen atoms in total. The highest BCUT2D eigenvalue weighted by Gasteiger charge is 2.34. The molecular weight excluding hydrogens is 273 g/mol. The van der Waals surface area contributed by atoms with Crippen LogP contribution in [0.5, 0.6) is 0 Å². The molecule has 0 aliphatic carbocycles. The number of aromatic nitrogens is 1. The van der Waals surface area contributed by atoms with Crippen LogP contribution in [0.1, 0.15) is 5.56 Å². The molecule has 2 atom stereocenters. The van der Waals surface area contributed by atoms with E-state index in [-0.39, 0.29) is 23.9 Å². The number of pyridine rings is 1. The molecule has 18 heavy (non-hydrogen) atoms. The van der Waals surface area contributed by atoms with Gasteiger partial charge in [-0.2, -0.15) is 13.2 Å². The van der Waals surface area contributed by atoms with E-state index in [1.54, 1.807) is 0 Å². The van der Waals surface area contributed by atoms with E-state index >= 15 is 0 Å². The van der Waals surface area contributed by atoms with Gasteiger partial charge in [-0.1, -0.05) is 11.6 Å². The normalized spacial score (nSPS) is 24.7. The van der Waals surface area contributed by atoms with E-state index < -0.39 is 23.9 Å². The molecule has 2 rings (SSSR count). The third-order valence-electron chi connectivity index (χ3n) is 2.71. The van der Waals surface area contributed by atoms with Crippen molar-refractivity contribution < 1.29 is 23.4 Å². The Morgan fingerprint density at radius 3 is 2.28 bits per heavy atom. The summed E-state index contributed by atoms with van der Waals surface area (Å²) in [6.07, 6.45) is -5.73. The van der Waals surface area contributed by atoms with Crippen LogP contribution in [0.25, 0.3) is 0 Å². The number of halogens is 4. The molecule has 0 spiro atoms. The van der Waals surface area contributed by atoms with Gasteiger partial charge in [0.2, 0.25) is 0 Å². The lowest BCUT2D eigenvalue weighted by Gasteiger charge is -2.18. The SMILES string of the molecule is OC1CN(c2ncc(C(F)(F)F)cc2Cl)CC1O. The van der Waals surface area contributed by atoms with E-state index in [1.165, 1.54) is 4.90 Å². The summed E-state index contributed by atoms with van der Waals surface area (Å²) in [7, 11) is 0. The topological polar surface area (TPSA) is 56.6 Å². The number of aliphatic hydroxyl groups excluding tert-OH is 2. The summed E-state index contributed by atoms with van der Waals surface area (Å²) in [6, 6.07) is 0.779. The van der Waals surface area contributed by atoms with Crippen LogP contribution >= 0.6 is 11.6 Å². The Morgan fingerprint density at radius 2 is 1.83 bits per heavy atom. The molecule has 2 N–H and O–H groups in total. The summed E-state index contributed by atoms with van der Waals surface area (Å²) in [5.41, 5.74) is -0.934. The van der Waals surface area contributed by atoms with Crippen LogP contribution in [0.2, 0.25) is 5.02 Å². The summed E-state index contributed by atoms with van der Waals surface area (Å²) in [5, 5.41) is 18.6. The first kappa shape index (κ1) is 13.4. The fourth-order valence-electron chi connectivity index (χ4n) is 1.76. The molecule has 2 unspecified atom stereocenters. The van der Waals surface area contributed by atoms with Gasteiger partial charge in [0.25, 0.3) is 0 Å². The third-order valence-corrected chi connectivity index (χ3v) is 2.99. The van der Waals surface area contributed by atoms with Crippen LogP contribution in [0.4, 0.5) is 19.0 Å². The van der Waals surface area contributed by atoms with Crippen molar-refractivity contribution in [2.24, 2.45) is 0 Å². The average molecular weight is 283 g/mol. The van der Waals surface area contributed by atoms with Gasteiger partial charge >= 0.3 is 6.18 Å². The van der Waals surface area contributed by atoms with E-state index in [0.29, 0.717) is 6.20 Å². The van der Waals surface area contributed by atoms with Crippen molar-refractivity contribution in [1.29, 1.82) is 0 Å². The zero-order valence-electron chi connectivity index (χ0n) is 9.02. The maximum Gasteiger partial charge on any atom is 0.417 e. The first-order chi connectivity index (χ1) is 8.29. The number of hydrogen-bond acceptors (Lipinski definition) is 4. The number of aliphatic hydroxyl groups is 2. The summed E-state index contributed by atoms with van der Waals surface area (Å²) in [6.45, 7) is 0.165. The first-order valence-corrected chi connectivity index (χ1v) is 5.50. The van der Waals surface area contributed by atoms with Gasteiger partial charge in [0, 0.05) is 19.3 Å². The van der Waals surface area contributed by atoms with Crippen LogP contribution in [0.3, 0.4) is 0 Å². The number of β-amino-alcohol motifs (C(OH)–C–C–N with tert-alkyl or cyclic N) is 2. The van der Waals surface area contributed by atoms with Crippen molar-refractivity contribution in [2.45, 2.75) is 18.4 Å². The predicted octanol–water partition coefficient (Wildman–Crippen LogP) is 1.30. The van der Waals surface area contributed by atoms with Gasteiger partial charge in [-0.25, -0.2) is 4.98 Å². The molecular formula is C10H10ClF3N2O2. The van der Waals surface area contributed by atoms with Gasteiger partial charge in [0.15, 0.2) is 0 Å². The van der Waals surface area contributed by atoms with Crippen LogP contribution < -0.4 is 4.90 Å². The maximum atomic E-state index is 12.4. The van der Waals surface area contributed by atoms with Crippen molar-refractivity contribution in [1.82, 2.24) is 4.98 Å². The largest absolute Gasteiger partial charge is 0.417 e. The van der Waals surface area contributed by atoms with Gasteiger partial charge < -0.3 is 15.1 Å². The van der Waals surface area contributed by atoms with E-state index in [9.17, 15) is 23.4 Å². The molecule has 1 fully saturated rings. The molecule has 1 aliphatic heterocycles. The molecule has 1 aromatic rings. The lowest BCUT2D eigenvalue weighted by molar-refractivity contribution is -0.137. The van der Waals surface area contributed by atoms with Crippen LogP contribution in [-0.2, 0) is 6.18 Å². The summed E-state index contributed by atoms with van der Waals surface area (Å²) < 4.78 is 37.2. The molecule has 8 heteroatoms. The van der Waals surface area contributed by atoms with Crippen molar-refractivity contribution in [2.75, 3.05) is 18.0 Å². The first-order valence-electron chi connectivity index (χ1n) is 5.13. The second kappa shape index (κ2) is 4.56. The standard InChI is InChI=1S/C10H10ClF3N2O2/c11-6-1-5(10(12,13)14)2-15-9(6)16-3-7(17)8(18)4-16/h1-2,7-8,17-18H,3-4H2. The quantitative estimate of drug-likeness (QED) is 0.815. The second-order valence-electron chi connectivity index (χ2n) is 4.07. The summed E-state index contributed by atoms with van der Waals surface area (Å²) in [4.78, 5) is 5.09. The lowest BCUT2D eigenvalue weighted by Crippen LogP contribution is -2.23. The number of nitrogens with zero attached hydrogens (tertiary/aromatic N) is 2. The number of anilines is 1. The fourth-order valence-corrected chi connectivity index (χ4v) is 2.05. The van der Waals surface area contributed by atoms with E-state index in [0.717, 1.165) is 6.07 Å². The molecule has 0 aromatic carbocycles. The Balaban J connectivity index is 2.26. The zero-order chi connectivity index (χ0) is 13.5.